The first kappa shape index (κ1) is 19.4. The van der Waals surface area contributed by atoms with Gasteiger partial charge in [-0.2, -0.15) is 0 Å². The SMILES string of the molecule is Cc1cccc(N2CC[C@@H](Oc3ccc([C@H](C)NC(=O)c4cncs4)cc3)C2)n1. The minimum absolute atomic E-state index is 0.0898. The number of carbonyl (C=O) groups excluding carboxylic acids is 1. The van der Waals surface area contributed by atoms with Gasteiger partial charge in [0.05, 0.1) is 24.3 Å². The number of thiazole rings is 1. The fourth-order valence-corrected chi connectivity index (χ4v) is 3.97. The number of nitrogens with zero attached hydrogens (tertiary/aromatic N) is 3. The molecule has 0 unspecified atom stereocenters. The summed E-state index contributed by atoms with van der Waals surface area (Å²) in [5.41, 5.74) is 3.72. The van der Waals surface area contributed by atoms with E-state index in [4.69, 9.17) is 4.74 Å². The Bertz CT molecular complexity index is 959. The van der Waals surface area contributed by atoms with Gasteiger partial charge in [0.25, 0.3) is 5.91 Å². The van der Waals surface area contributed by atoms with Crippen LogP contribution in [0.4, 0.5) is 5.82 Å². The Morgan fingerprint density at radius 1 is 1.28 bits per heavy atom. The number of ether oxygens (including phenoxy) is 1. The fourth-order valence-electron chi connectivity index (χ4n) is 3.44. The number of amides is 1. The van der Waals surface area contributed by atoms with Crippen LogP contribution in [0.2, 0.25) is 0 Å². The summed E-state index contributed by atoms with van der Waals surface area (Å²) in [5.74, 6) is 1.76. The second-order valence-electron chi connectivity index (χ2n) is 7.24. The predicted octanol–water partition coefficient (Wildman–Crippen LogP) is 4.00. The lowest BCUT2D eigenvalue weighted by atomic mass is 10.1. The monoisotopic (exact) mass is 408 g/mol. The van der Waals surface area contributed by atoms with Gasteiger partial charge in [-0.25, -0.2) is 4.98 Å². The van der Waals surface area contributed by atoms with Crippen LogP contribution in [0.5, 0.6) is 5.75 Å². The highest BCUT2D eigenvalue weighted by Gasteiger charge is 2.25. The van der Waals surface area contributed by atoms with E-state index in [0.29, 0.717) is 4.88 Å². The molecule has 0 saturated carbocycles. The van der Waals surface area contributed by atoms with Crippen LogP contribution in [0.1, 0.15) is 40.3 Å². The van der Waals surface area contributed by atoms with Crippen molar-refractivity contribution in [3.63, 3.8) is 0 Å². The Kier molecular flexibility index (Phi) is 5.76. The third kappa shape index (κ3) is 4.74. The molecule has 3 heterocycles. The van der Waals surface area contributed by atoms with E-state index in [1.165, 1.54) is 11.3 Å². The molecule has 2 aromatic heterocycles. The summed E-state index contributed by atoms with van der Waals surface area (Å²) in [6.07, 6.45) is 2.70. The summed E-state index contributed by atoms with van der Waals surface area (Å²) < 4.78 is 6.17. The van der Waals surface area contributed by atoms with Gasteiger partial charge in [-0.15, -0.1) is 11.3 Å². The zero-order chi connectivity index (χ0) is 20.2. The molecular weight excluding hydrogens is 384 g/mol. The van der Waals surface area contributed by atoms with Gasteiger partial charge in [-0.05, 0) is 43.7 Å². The molecule has 1 aliphatic heterocycles. The number of aryl methyl sites for hydroxylation is 1. The van der Waals surface area contributed by atoms with Crippen molar-refractivity contribution >= 4 is 23.1 Å². The van der Waals surface area contributed by atoms with Gasteiger partial charge in [0, 0.05) is 18.7 Å². The number of anilines is 1. The molecule has 29 heavy (non-hydrogen) atoms. The van der Waals surface area contributed by atoms with E-state index in [0.717, 1.165) is 42.3 Å². The molecule has 4 rings (SSSR count). The highest BCUT2D eigenvalue weighted by Crippen LogP contribution is 2.24. The highest BCUT2D eigenvalue weighted by atomic mass is 32.1. The summed E-state index contributed by atoms with van der Waals surface area (Å²) in [7, 11) is 0. The molecule has 0 bridgehead atoms. The van der Waals surface area contributed by atoms with Gasteiger partial charge in [0.15, 0.2) is 0 Å². The zero-order valence-corrected chi connectivity index (χ0v) is 17.4. The minimum Gasteiger partial charge on any atom is -0.489 e. The number of benzene rings is 1. The maximum atomic E-state index is 12.2. The molecule has 3 aromatic rings. The van der Waals surface area contributed by atoms with E-state index in [1.807, 2.05) is 56.3 Å². The van der Waals surface area contributed by atoms with Crippen molar-refractivity contribution in [1.29, 1.82) is 0 Å². The van der Waals surface area contributed by atoms with E-state index in [1.54, 1.807) is 11.7 Å². The average molecular weight is 409 g/mol. The Labute approximate surface area is 174 Å². The van der Waals surface area contributed by atoms with Gasteiger partial charge in [0.1, 0.15) is 22.5 Å². The lowest BCUT2D eigenvalue weighted by molar-refractivity contribution is 0.0944. The number of hydrogen-bond acceptors (Lipinski definition) is 6. The first-order chi connectivity index (χ1) is 14.1. The summed E-state index contributed by atoms with van der Waals surface area (Å²) >= 11 is 1.34. The summed E-state index contributed by atoms with van der Waals surface area (Å²) in [6, 6.07) is 14.0. The van der Waals surface area contributed by atoms with Gasteiger partial charge in [0.2, 0.25) is 0 Å². The van der Waals surface area contributed by atoms with Crippen LogP contribution < -0.4 is 15.0 Å². The van der Waals surface area contributed by atoms with Crippen LogP contribution in [-0.2, 0) is 0 Å². The molecule has 1 amide bonds. The fraction of sp³-hybridized carbons (Fsp3) is 0.318. The number of nitrogens with one attached hydrogen (secondary N) is 1. The van der Waals surface area contributed by atoms with Gasteiger partial charge < -0.3 is 15.0 Å². The van der Waals surface area contributed by atoms with E-state index >= 15 is 0 Å². The third-order valence-electron chi connectivity index (χ3n) is 5.03. The quantitative estimate of drug-likeness (QED) is 0.668. The molecule has 1 aliphatic rings. The third-order valence-corrected chi connectivity index (χ3v) is 5.80. The summed E-state index contributed by atoms with van der Waals surface area (Å²) in [6.45, 7) is 5.76. The molecule has 150 valence electrons. The van der Waals surface area contributed by atoms with E-state index in [9.17, 15) is 4.79 Å². The molecule has 2 atom stereocenters. The molecule has 0 spiro atoms. The van der Waals surface area contributed by atoms with E-state index in [-0.39, 0.29) is 18.1 Å². The smallest absolute Gasteiger partial charge is 0.263 e. The molecular formula is C22H24N4O2S. The van der Waals surface area contributed by atoms with Gasteiger partial charge >= 0.3 is 0 Å². The molecule has 1 saturated heterocycles. The molecule has 7 heteroatoms. The van der Waals surface area contributed by atoms with Gasteiger partial charge in [-0.3, -0.25) is 9.78 Å². The number of aromatic nitrogens is 2. The van der Waals surface area contributed by atoms with Crippen molar-refractivity contribution in [3.05, 3.63) is 70.3 Å². The van der Waals surface area contributed by atoms with Crippen LogP contribution in [0.15, 0.2) is 54.2 Å². The van der Waals surface area contributed by atoms with Crippen molar-refractivity contribution in [2.75, 3.05) is 18.0 Å². The molecule has 6 nitrogen and oxygen atoms in total. The number of hydrogen-bond donors (Lipinski definition) is 1. The lowest BCUT2D eigenvalue weighted by Gasteiger charge is -2.19. The Balaban J connectivity index is 1.32. The average Bonchev–Trinajstić information content (AvgIpc) is 3.41. The molecule has 0 radical (unpaired) electrons. The summed E-state index contributed by atoms with van der Waals surface area (Å²) in [4.78, 5) is 23.6. The van der Waals surface area contributed by atoms with Crippen LogP contribution >= 0.6 is 11.3 Å². The predicted molar refractivity (Wildman–Crippen MR) is 115 cm³/mol. The highest BCUT2D eigenvalue weighted by molar-refractivity contribution is 7.11. The number of rotatable bonds is 6. The zero-order valence-electron chi connectivity index (χ0n) is 16.5. The second-order valence-corrected chi connectivity index (χ2v) is 8.13. The second kappa shape index (κ2) is 8.61. The molecule has 0 aliphatic carbocycles. The first-order valence-electron chi connectivity index (χ1n) is 9.73. The number of carbonyl (C=O) groups is 1. The normalized spacial score (nSPS) is 17.2. The Morgan fingerprint density at radius 3 is 2.83 bits per heavy atom. The lowest BCUT2D eigenvalue weighted by Crippen LogP contribution is -2.26. The maximum absolute atomic E-state index is 12.2. The van der Waals surface area contributed by atoms with Crippen molar-refractivity contribution in [3.8, 4) is 5.75 Å². The largest absolute Gasteiger partial charge is 0.489 e. The van der Waals surface area contributed by atoms with Crippen LogP contribution in [-0.4, -0.2) is 35.1 Å². The topological polar surface area (TPSA) is 67.3 Å². The summed E-state index contributed by atoms with van der Waals surface area (Å²) in [5, 5.41) is 3.00. The van der Waals surface area contributed by atoms with Gasteiger partial charge in [-0.1, -0.05) is 18.2 Å². The molecule has 1 N–H and O–H groups in total. The van der Waals surface area contributed by atoms with E-state index in [2.05, 4.69) is 20.2 Å². The maximum Gasteiger partial charge on any atom is 0.263 e. The first-order valence-corrected chi connectivity index (χ1v) is 10.6. The van der Waals surface area contributed by atoms with Crippen molar-refractivity contribution in [1.82, 2.24) is 15.3 Å². The molecule has 1 fully saturated rings. The van der Waals surface area contributed by atoms with Crippen LogP contribution in [0.3, 0.4) is 0 Å². The Morgan fingerprint density at radius 2 is 2.10 bits per heavy atom. The standard InChI is InChI=1S/C22H24N4O2S/c1-15-4-3-5-21(24-15)26-11-10-19(13-26)28-18-8-6-17(7-9-18)16(2)25-22(27)20-12-23-14-29-20/h3-9,12,14,16,19H,10-11,13H2,1-2H3,(H,25,27)/t16-,19+/m0/s1. The van der Waals surface area contributed by atoms with E-state index < -0.39 is 0 Å². The van der Waals surface area contributed by atoms with Crippen molar-refractivity contribution in [2.24, 2.45) is 0 Å². The van der Waals surface area contributed by atoms with Crippen molar-refractivity contribution in [2.45, 2.75) is 32.4 Å². The minimum atomic E-state index is -0.101. The van der Waals surface area contributed by atoms with Crippen LogP contribution in [0, 0.1) is 6.92 Å². The molecule has 1 aromatic carbocycles. The van der Waals surface area contributed by atoms with Crippen LogP contribution in [0.25, 0.3) is 0 Å². The Hall–Kier alpha value is -2.93. The van der Waals surface area contributed by atoms with Crippen molar-refractivity contribution < 1.29 is 9.53 Å². The number of pyridine rings is 1.